The molecule has 0 aliphatic rings. The summed E-state index contributed by atoms with van der Waals surface area (Å²) < 4.78 is 6.59. The van der Waals surface area contributed by atoms with Crippen LogP contribution < -0.4 is 16.6 Å². The Balaban J connectivity index is 2.27. The second-order valence-electron chi connectivity index (χ2n) is 4.24. The van der Waals surface area contributed by atoms with Gasteiger partial charge in [-0.2, -0.15) is 0 Å². The molecule has 1 rings (SSSR count). The number of aromatic nitrogens is 1. The third-order valence-electron chi connectivity index (χ3n) is 2.53. The smallest absolute Gasteiger partial charge is 0.251 e. The molecule has 1 amide bonds. The number of pyridine rings is 1. The molecule has 0 bridgehead atoms. The number of unbranched alkanes of at least 4 members (excludes halogenated alkanes) is 1. The highest BCUT2D eigenvalue weighted by atomic mass is 16.5. The molecule has 0 radical (unpaired) electrons. The maximum absolute atomic E-state index is 11.6. The number of hydrogen-bond acceptors (Lipinski definition) is 4. The van der Waals surface area contributed by atoms with Crippen molar-refractivity contribution < 1.29 is 9.53 Å². The van der Waals surface area contributed by atoms with Crippen molar-refractivity contribution in [2.45, 2.75) is 26.3 Å². The summed E-state index contributed by atoms with van der Waals surface area (Å²) in [4.78, 5) is 23.1. The maximum Gasteiger partial charge on any atom is 0.251 e. The summed E-state index contributed by atoms with van der Waals surface area (Å²) in [7, 11) is 0. The van der Waals surface area contributed by atoms with Crippen LogP contribution in [0, 0.1) is 0 Å². The molecule has 106 valence electrons. The van der Waals surface area contributed by atoms with Gasteiger partial charge in [-0.05, 0) is 12.5 Å². The maximum atomic E-state index is 11.6. The van der Waals surface area contributed by atoms with E-state index in [0.717, 1.165) is 12.8 Å². The highest BCUT2D eigenvalue weighted by molar-refractivity contribution is 5.75. The second-order valence-corrected chi connectivity index (χ2v) is 4.24. The molecule has 0 spiro atoms. The normalized spacial score (nSPS) is 10.4. The first-order chi connectivity index (χ1) is 9.13. The van der Waals surface area contributed by atoms with E-state index in [1.54, 1.807) is 0 Å². The first kappa shape index (κ1) is 15.2. The fraction of sp³-hybridized carbons (Fsp3) is 0.538. The van der Waals surface area contributed by atoms with Crippen LogP contribution in [0.15, 0.2) is 23.1 Å². The van der Waals surface area contributed by atoms with E-state index in [1.807, 2.05) is 0 Å². The van der Waals surface area contributed by atoms with E-state index >= 15 is 0 Å². The number of amides is 1. The van der Waals surface area contributed by atoms with Crippen LogP contribution in [-0.2, 0) is 16.1 Å². The molecule has 19 heavy (non-hydrogen) atoms. The molecule has 0 aromatic carbocycles. The number of nitrogens with two attached hydrogens (primary N) is 1. The van der Waals surface area contributed by atoms with Gasteiger partial charge in [0.2, 0.25) is 5.91 Å². The predicted molar refractivity (Wildman–Crippen MR) is 73.9 cm³/mol. The molecule has 6 nitrogen and oxygen atoms in total. The van der Waals surface area contributed by atoms with Crippen molar-refractivity contribution >= 4 is 11.6 Å². The summed E-state index contributed by atoms with van der Waals surface area (Å²) in [5.74, 6) is -0.230. The zero-order valence-corrected chi connectivity index (χ0v) is 11.2. The zero-order chi connectivity index (χ0) is 14.1. The Morgan fingerprint density at radius 3 is 2.95 bits per heavy atom. The third-order valence-corrected chi connectivity index (χ3v) is 2.53. The molecule has 6 heteroatoms. The van der Waals surface area contributed by atoms with E-state index in [0.29, 0.717) is 25.4 Å². The van der Waals surface area contributed by atoms with E-state index in [9.17, 15) is 9.59 Å². The first-order valence-corrected chi connectivity index (χ1v) is 6.44. The third kappa shape index (κ3) is 6.05. The van der Waals surface area contributed by atoms with Crippen LogP contribution in [0.3, 0.4) is 0 Å². The minimum atomic E-state index is -0.247. The van der Waals surface area contributed by atoms with Crippen molar-refractivity contribution in [3.63, 3.8) is 0 Å². The van der Waals surface area contributed by atoms with Gasteiger partial charge < -0.3 is 20.4 Å². The van der Waals surface area contributed by atoms with Crippen molar-refractivity contribution in [3.05, 3.63) is 28.7 Å². The van der Waals surface area contributed by atoms with Gasteiger partial charge in [-0.3, -0.25) is 9.59 Å². The van der Waals surface area contributed by atoms with Gasteiger partial charge in [0.05, 0.1) is 6.61 Å². The largest absolute Gasteiger partial charge is 0.398 e. The van der Waals surface area contributed by atoms with Gasteiger partial charge in [0, 0.05) is 31.1 Å². The van der Waals surface area contributed by atoms with Crippen LogP contribution in [-0.4, -0.2) is 30.2 Å². The Hall–Kier alpha value is -1.82. The number of nitrogens with one attached hydrogen (secondary N) is 1. The summed E-state index contributed by atoms with van der Waals surface area (Å²) >= 11 is 0. The topological polar surface area (TPSA) is 86.3 Å². The lowest BCUT2D eigenvalue weighted by Crippen LogP contribution is -2.33. The molecule has 0 saturated carbocycles. The number of nitrogens with zero attached hydrogens (tertiary/aromatic N) is 1. The summed E-state index contributed by atoms with van der Waals surface area (Å²) in [5, 5.41) is 2.69. The Labute approximate surface area is 112 Å². The van der Waals surface area contributed by atoms with Crippen molar-refractivity contribution in [1.82, 2.24) is 9.88 Å². The van der Waals surface area contributed by atoms with E-state index in [4.69, 9.17) is 10.5 Å². The molecule has 0 unspecified atom stereocenters. The van der Waals surface area contributed by atoms with Crippen LogP contribution in [0.5, 0.6) is 0 Å². The zero-order valence-electron chi connectivity index (χ0n) is 11.2. The first-order valence-electron chi connectivity index (χ1n) is 6.44. The average molecular weight is 267 g/mol. The van der Waals surface area contributed by atoms with Crippen LogP contribution in [0.4, 0.5) is 5.69 Å². The SMILES string of the molecule is CCCCOCCNC(=O)Cn1cc(N)ccc1=O. The minimum absolute atomic E-state index is 0.0289. The van der Waals surface area contributed by atoms with Gasteiger partial charge in [0.25, 0.3) is 5.56 Å². The second kappa shape index (κ2) is 8.31. The number of ether oxygens (including phenoxy) is 1. The van der Waals surface area contributed by atoms with Crippen LogP contribution in [0.1, 0.15) is 19.8 Å². The van der Waals surface area contributed by atoms with E-state index in [2.05, 4.69) is 12.2 Å². The molecule has 0 saturated heterocycles. The Morgan fingerprint density at radius 2 is 2.21 bits per heavy atom. The molecule has 3 N–H and O–H groups in total. The van der Waals surface area contributed by atoms with Gasteiger partial charge in [0.15, 0.2) is 0 Å². The number of rotatable bonds is 8. The molecule has 1 heterocycles. The number of anilines is 1. The number of hydrogen-bond donors (Lipinski definition) is 2. The van der Waals surface area contributed by atoms with E-state index in [-0.39, 0.29) is 18.0 Å². The van der Waals surface area contributed by atoms with Crippen LogP contribution in [0.2, 0.25) is 0 Å². The van der Waals surface area contributed by atoms with Gasteiger partial charge in [0.1, 0.15) is 6.54 Å². The summed E-state index contributed by atoms with van der Waals surface area (Å²) in [6.07, 6.45) is 3.57. The van der Waals surface area contributed by atoms with E-state index < -0.39 is 0 Å². The lowest BCUT2D eigenvalue weighted by Gasteiger charge is -2.08. The molecule has 0 atom stereocenters. The van der Waals surface area contributed by atoms with Crippen LogP contribution in [0.25, 0.3) is 0 Å². The number of carbonyl (C=O) groups excluding carboxylic acids is 1. The van der Waals surface area contributed by atoms with Crippen LogP contribution >= 0.6 is 0 Å². The summed E-state index contributed by atoms with van der Waals surface area (Å²) in [6.45, 7) is 3.70. The van der Waals surface area contributed by atoms with Crippen molar-refractivity contribution in [3.8, 4) is 0 Å². The van der Waals surface area contributed by atoms with Crippen molar-refractivity contribution in [1.29, 1.82) is 0 Å². The molecule has 1 aromatic heterocycles. The molecular formula is C13H21N3O3. The monoisotopic (exact) mass is 267 g/mol. The highest BCUT2D eigenvalue weighted by Gasteiger charge is 2.04. The molecule has 0 aliphatic heterocycles. The Morgan fingerprint density at radius 1 is 1.42 bits per heavy atom. The molecular weight excluding hydrogens is 246 g/mol. The fourth-order valence-electron chi connectivity index (χ4n) is 1.50. The summed E-state index contributed by atoms with van der Waals surface area (Å²) in [6, 6.07) is 2.86. The highest BCUT2D eigenvalue weighted by Crippen LogP contribution is 1.95. The molecule has 0 fully saturated rings. The van der Waals surface area contributed by atoms with Crippen molar-refractivity contribution in [2.24, 2.45) is 0 Å². The minimum Gasteiger partial charge on any atom is -0.398 e. The standard InChI is InChI=1S/C13H21N3O3/c1-2-3-7-19-8-6-15-12(17)10-16-9-11(14)4-5-13(16)18/h4-5,9H,2-3,6-8,10,14H2,1H3,(H,15,17). The Kier molecular flexibility index (Phi) is 6.67. The van der Waals surface area contributed by atoms with Gasteiger partial charge in [-0.1, -0.05) is 13.3 Å². The van der Waals surface area contributed by atoms with Gasteiger partial charge in [-0.15, -0.1) is 0 Å². The number of carbonyl (C=O) groups is 1. The fourth-order valence-corrected chi connectivity index (χ4v) is 1.50. The van der Waals surface area contributed by atoms with Gasteiger partial charge >= 0.3 is 0 Å². The Bertz CT molecular complexity index is 457. The number of nitrogen functional groups attached to an aromatic ring is 1. The lowest BCUT2D eigenvalue weighted by atomic mass is 10.4. The predicted octanol–water partition coefficient (Wildman–Crippen LogP) is 0.363. The molecule has 1 aromatic rings. The van der Waals surface area contributed by atoms with Gasteiger partial charge in [-0.25, -0.2) is 0 Å². The molecule has 0 aliphatic carbocycles. The summed E-state index contributed by atoms with van der Waals surface area (Å²) in [5.41, 5.74) is 5.77. The average Bonchev–Trinajstić information content (AvgIpc) is 2.38. The lowest BCUT2D eigenvalue weighted by molar-refractivity contribution is -0.121. The quantitative estimate of drug-likeness (QED) is 0.666. The van der Waals surface area contributed by atoms with E-state index in [1.165, 1.54) is 22.9 Å². The van der Waals surface area contributed by atoms with Crippen molar-refractivity contribution in [2.75, 3.05) is 25.5 Å².